The summed E-state index contributed by atoms with van der Waals surface area (Å²) in [7, 11) is 0. The molecule has 0 unspecified atom stereocenters. The third-order valence-corrected chi connectivity index (χ3v) is 2.33. The van der Waals surface area contributed by atoms with E-state index in [2.05, 4.69) is 15.3 Å². The van der Waals surface area contributed by atoms with Crippen LogP contribution in [-0.4, -0.2) is 50.6 Å². The highest BCUT2D eigenvalue weighted by Gasteiger charge is 2.29. The largest absolute Gasteiger partial charge is 0.394 e. The predicted octanol–water partition coefficient (Wildman–Crippen LogP) is -1.16. The number of nitrogens with zero attached hydrogens (tertiary/aromatic N) is 2. The van der Waals surface area contributed by atoms with Gasteiger partial charge in [-0.05, 0) is 0 Å². The number of aliphatic hydroxyl groups excluding tert-OH is 3. The lowest BCUT2D eigenvalue weighted by Gasteiger charge is -2.29. The summed E-state index contributed by atoms with van der Waals surface area (Å²) < 4.78 is 0. The van der Waals surface area contributed by atoms with E-state index in [0.29, 0.717) is 0 Å². The van der Waals surface area contributed by atoms with Crippen molar-refractivity contribution in [3.8, 4) is 0 Å². The molecule has 0 radical (unpaired) electrons. The molecule has 90 valence electrons. The van der Waals surface area contributed by atoms with Crippen LogP contribution in [0.3, 0.4) is 0 Å². The fourth-order valence-electron chi connectivity index (χ4n) is 0.988. The number of aromatic nitrogens is 2. The molecule has 0 saturated carbocycles. The molecule has 6 N–H and O–H groups in total. The summed E-state index contributed by atoms with van der Waals surface area (Å²) in [5, 5.41) is 30.1. The Morgan fingerprint density at radius 1 is 1.31 bits per heavy atom. The van der Waals surface area contributed by atoms with Crippen LogP contribution in [0.2, 0.25) is 5.02 Å². The number of aliphatic hydroxyl groups is 3. The van der Waals surface area contributed by atoms with Crippen LogP contribution in [0.25, 0.3) is 0 Å². The number of hydrogen-bond acceptors (Lipinski definition) is 7. The Bertz CT molecular complexity index is 351. The van der Waals surface area contributed by atoms with E-state index >= 15 is 0 Å². The first-order valence-electron chi connectivity index (χ1n) is 4.45. The summed E-state index contributed by atoms with van der Waals surface area (Å²) in [5.74, 6) is 0.140. The second-order valence-corrected chi connectivity index (χ2v) is 3.71. The Morgan fingerprint density at radius 3 is 2.38 bits per heavy atom. The van der Waals surface area contributed by atoms with Crippen LogP contribution in [0.1, 0.15) is 0 Å². The summed E-state index contributed by atoms with van der Waals surface area (Å²) in [4.78, 5) is 7.45. The van der Waals surface area contributed by atoms with Gasteiger partial charge in [0.15, 0.2) is 5.82 Å². The smallest absolute Gasteiger partial charge is 0.222 e. The number of nitrogen functional groups attached to an aromatic ring is 1. The molecule has 0 aliphatic carbocycles. The molecular weight excluding hydrogens is 236 g/mol. The molecule has 0 aromatic carbocycles. The van der Waals surface area contributed by atoms with Gasteiger partial charge in [0.05, 0.1) is 26.0 Å². The third kappa shape index (κ3) is 2.70. The lowest BCUT2D eigenvalue weighted by molar-refractivity contribution is 0.0831. The molecule has 1 heterocycles. The van der Waals surface area contributed by atoms with Crippen LogP contribution in [0, 0.1) is 0 Å². The van der Waals surface area contributed by atoms with E-state index in [9.17, 15) is 0 Å². The Labute approximate surface area is 96.9 Å². The Hall–Kier alpha value is -1.15. The second-order valence-electron chi connectivity index (χ2n) is 3.30. The van der Waals surface area contributed by atoms with Crippen molar-refractivity contribution in [2.45, 2.75) is 5.54 Å². The van der Waals surface area contributed by atoms with E-state index in [4.69, 9.17) is 32.7 Å². The fourth-order valence-corrected chi connectivity index (χ4v) is 1.13. The van der Waals surface area contributed by atoms with Crippen LogP contribution in [-0.2, 0) is 0 Å². The SMILES string of the molecule is Nc1ncc(Cl)c(NC(CO)(CO)CO)n1. The van der Waals surface area contributed by atoms with Crippen molar-refractivity contribution in [3.63, 3.8) is 0 Å². The van der Waals surface area contributed by atoms with Crippen molar-refractivity contribution in [1.29, 1.82) is 0 Å². The van der Waals surface area contributed by atoms with E-state index in [1.54, 1.807) is 0 Å². The molecule has 0 aliphatic rings. The minimum atomic E-state index is -1.30. The van der Waals surface area contributed by atoms with Crippen molar-refractivity contribution < 1.29 is 15.3 Å². The van der Waals surface area contributed by atoms with Crippen molar-refractivity contribution in [2.75, 3.05) is 30.9 Å². The molecule has 0 fully saturated rings. The topological polar surface area (TPSA) is 125 Å². The summed E-state index contributed by atoms with van der Waals surface area (Å²) in [6.07, 6.45) is 1.28. The molecule has 8 heteroatoms. The Balaban J connectivity index is 2.97. The first-order valence-corrected chi connectivity index (χ1v) is 4.83. The lowest BCUT2D eigenvalue weighted by Crippen LogP contribution is -2.49. The highest BCUT2D eigenvalue weighted by atomic mass is 35.5. The molecular formula is C8H13ClN4O3. The molecule has 0 atom stereocenters. The lowest BCUT2D eigenvalue weighted by atomic mass is 10.0. The maximum Gasteiger partial charge on any atom is 0.222 e. The number of nitrogens with two attached hydrogens (primary N) is 1. The zero-order chi connectivity index (χ0) is 12.2. The van der Waals surface area contributed by atoms with Gasteiger partial charge in [0.25, 0.3) is 0 Å². The standard InChI is InChI=1S/C8H13ClN4O3/c9-5-1-11-7(10)12-6(5)13-8(2-14,3-15)4-16/h1,14-16H,2-4H2,(H3,10,11,12,13). The third-order valence-electron chi connectivity index (χ3n) is 2.05. The van der Waals surface area contributed by atoms with Crippen molar-refractivity contribution in [2.24, 2.45) is 0 Å². The number of rotatable bonds is 5. The van der Waals surface area contributed by atoms with E-state index in [-0.39, 0.29) is 16.8 Å². The van der Waals surface area contributed by atoms with Crippen molar-refractivity contribution in [3.05, 3.63) is 11.2 Å². The summed E-state index contributed by atoms with van der Waals surface area (Å²) in [6, 6.07) is 0. The van der Waals surface area contributed by atoms with Gasteiger partial charge in [0.1, 0.15) is 10.6 Å². The average Bonchev–Trinajstić information content (AvgIpc) is 2.31. The van der Waals surface area contributed by atoms with Gasteiger partial charge >= 0.3 is 0 Å². The zero-order valence-electron chi connectivity index (χ0n) is 8.39. The van der Waals surface area contributed by atoms with Gasteiger partial charge in [-0.25, -0.2) is 4.98 Å². The van der Waals surface area contributed by atoms with Crippen LogP contribution >= 0.6 is 11.6 Å². The molecule has 1 rings (SSSR count). The molecule has 0 bridgehead atoms. The molecule has 1 aromatic heterocycles. The van der Waals surface area contributed by atoms with Gasteiger partial charge in [0.2, 0.25) is 5.95 Å². The van der Waals surface area contributed by atoms with Gasteiger partial charge in [-0.15, -0.1) is 0 Å². The first kappa shape index (κ1) is 12.9. The number of nitrogens with one attached hydrogen (secondary N) is 1. The van der Waals surface area contributed by atoms with Crippen LogP contribution in [0.15, 0.2) is 6.20 Å². The predicted molar refractivity (Wildman–Crippen MR) is 59.1 cm³/mol. The summed E-state index contributed by atoms with van der Waals surface area (Å²) in [5.41, 5.74) is 4.06. The maximum atomic E-state index is 9.10. The maximum absolute atomic E-state index is 9.10. The molecule has 0 amide bonds. The van der Waals surface area contributed by atoms with Gasteiger partial charge < -0.3 is 26.4 Å². The van der Waals surface area contributed by atoms with Crippen LogP contribution < -0.4 is 11.1 Å². The van der Waals surface area contributed by atoms with Gasteiger partial charge in [-0.2, -0.15) is 4.98 Å². The molecule has 0 aliphatic heterocycles. The molecule has 1 aromatic rings. The highest BCUT2D eigenvalue weighted by molar-refractivity contribution is 6.32. The number of anilines is 2. The van der Waals surface area contributed by atoms with Crippen molar-refractivity contribution in [1.82, 2.24) is 9.97 Å². The Kier molecular flexibility index (Phi) is 4.25. The average molecular weight is 249 g/mol. The minimum Gasteiger partial charge on any atom is -0.394 e. The quantitative estimate of drug-likeness (QED) is 0.445. The van der Waals surface area contributed by atoms with Gasteiger partial charge in [0, 0.05) is 0 Å². The number of hydrogen-bond donors (Lipinski definition) is 5. The van der Waals surface area contributed by atoms with Crippen molar-refractivity contribution >= 4 is 23.4 Å². The highest BCUT2D eigenvalue weighted by Crippen LogP contribution is 2.22. The monoisotopic (exact) mass is 248 g/mol. The molecule has 16 heavy (non-hydrogen) atoms. The van der Waals surface area contributed by atoms with Gasteiger partial charge in [-0.3, -0.25) is 0 Å². The second kappa shape index (κ2) is 5.26. The van der Waals surface area contributed by atoms with Gasteiger partial charge in [-0.1, -0.05) is 11.6 Å². The fraction of sp³-hybridized carbons (Fsp3) is 0.500. The summed E-state index contributed by atoms with van der Waals surface area (Å²) >= 11 is 5.79. The van der Waals surface area contributed by atoms with E-state index in [1.807, 2.05) is 0 Å². The minimum absolute atomic E-state index is 0.00498. The normalized spacial score (nSPS) is 11.5. The number of halogens is 1. The summed E-state index contributed by atoms with van der Waals surface area (Å²) in [6.45, 7) is -1.46. The van der Waals surface area contributed by atoms with E-state index in [0.717, 1.165) is 0 Å². The molecule has 0 spiro atoms. The van der Waals surface area contributed by atoms with E-state index < -0.39 is 25.4 Å². The van der Waals surface area contributed by atoms with Crippen LogP contribution in [0.4, 0.5) is 11.8 Å². The molecule has 7 nitrogen and oxygen atoms in total. The van der Waals surface area contributed by atoms with Crippen LogP contribution in [0.5, 0.6) is 0 Å². The first-order chi connectivity index (χ1) is 7.56. The Morgan fingerprint density at radius 2 is 1.88 bits per heavy atom. The van der Waals surface area contributed by atoms with E-state index in [1.165, 1.54) is 6.20 Å². The molecule has 0 saturated heterocycles. The zero-order valence-corrected chi connectivity index (χ0v) is 9.15.